The number of nitro groups is 1. The molecule has 1 aromatic carbocycles. The van der Waals surface area contributed by atoms with Crippen LogP contribution in [-0.2, 0) is 0 Å². The molecule has 5 nitrogen and oxygen atoms in total. The van der Waals surface area contributed by atoms with Gasteiger partial charge in [-0.25, -0.2) is 0 Å². The lowest BCUT2D eigenvalue weighted by atomic mass is 10.0. The monoisotopic (exact) mass is 323 g/mol. The second-order valence-corrected chi connectivity index (χ2v) is 6.74. The van der Waals surface area contributed by atoms with Crippen LogP contribution < -0.4 is 4.90 Å². The molecule has 2 saturated heterocycles. The van der Waals surface area contributed by atoms with Crippen molar-refractivity contribution in [3.05, 3.63) is 32.8 Å². The third kappa shape index (κ3) is 3.06. The molecule has 1 atom stereocenters. The molecule has 120 valence electrons. The van der Waals surface area contributed by atoms with E-state index in [4.69, 9.17) is 11.6 Å². The standard InChI is InChI=1S/C16H22ClN3O2/c1-12-9-14(20(21)22)10-15(17)16(12)19-8-4-5-13(11-19)18-6-2-3-7-18/h9-10,13H,2-8,11H2,1H3. The first kappa shape index (κ1) is 15.6. The number of halogens is 1. The van der Waals surface area contributed by atoms with Crippen LogP contribution in [0.25, 0.3) is 0 Å². The maximum Gasteiger partial charge on any atom is 0.271 e. The topological polar surface area (TPSA) is 49.6 Å². The van der Waals surface area contributed by atoms with Crippen molar-refractivity contribution in [2.24, 2.45) is 0 Å². The Bertz CT molecular complexity index is 550. The first-order chi connectivity index (χ1) is 10.6. The number of aryl methyl sites for hydroxylation is 1. The Morgan fingerprint density at radius 1 is 1.23 bits per heavy atom. The molecule has 1 unspecified atom stereocenters. The second-order valence-electron chi connectivity index (χ2n) is 6.34. The summed E-state index contributed by atoms with van der Waals surface area (Å²) in [6, 6.07) is 3.69. The van der Waals surface area contributed by atoms with E-state index in [2.05, 4.69) is 9.80 Å². The lowest BCUT2D eigenvalue weighted by molar-refractivity contribution is -0.384. The van der Waals surface area contributed by atoms with E-state index in [-0.39, 0.29) is 10.6 Å². The average molecular weight is 324 g/mol. The van der Waals surface area contributed by atoms with Crippen LogP contribution in [0.1, 0.15) is 31.2 Å². The average Bonchev–Trinajstić information content (AvgIpc) is 3.01. The number of hydrogen-bond acceptors (Lipinski definition) is 4. The molecule has 2 fully saturated rings. The first-order valence-corrected chi connectivity index (χ1v) is 8.37. The van der Waals surface area contributed by atoms with E-state index >= 15 is 0 Å². The van der Waals surface area contributed by atoms with Crippen LogP contribution >= 0.6 is 11.6 Å². The summed E-state index contributed by atoms with van der Waals surface area (Å²) >= 11 is 6.36. The molecule has 0 saturated carbocycles. The highest BCUT2D eigenvalue weighted by molar-refractivity contribution is 6.33. The van der Waals surface area contributed by atoms with Crippen LogP contribution in [0.5, 0.6) is 0 Å². The number of benzene rings is 1. The number of non-ortho nitro benzene ring substituents is 1. The van der Waals surface area contributed by atoms with Gasteiger partial charge in [0.25, 0.3) is 5.69 Å². The minimum atomic E-state index is -0.383. The number of nitrogens with zero attached hydrogens (tertiary/aromatic N) is 3. The smallest absolute Gasteiger partial charge is 0.271 e. The van der Waals surface area contributed by atoms with Gasteiger partial charge in [-0.1, -0.05) is 11.6 Å². The Morgan fingerprint density at radius 2 is 1.95 bits per heavy atom. The Balaban J connectivity index is 1.82. The molecule has 3 rings (SSSR count). The van der Waals surface area contributed by atoms with Gasteiger partial charge in [-0.3, -0.25) is 15.0 Å². The molecule has 0 aromatic heterocycles. The molecule has 0 radical (unpaired) electrons. The van der Waals surface area contributed by atoms with Crippen molar-refractivity contribution in [3.8, 4) is 0 Å². The van der Waals surface area contributed by atoms with E-state index < -0.39 is 0 Å². The minimum absolute atomic E-state index is 0.0688. The minimum Gasteiger partial charge on any atom is -0.369 e. The SMILES string of the molecule is Cc1cc([N+](=O)[O-])cc(Cl)c1N1CCCC(N2CCCC2)C1. The molecule has 0 aliphatic carbocycles. The number of nitro benzene ring substituents is 1. The van der Waals surface area contributed by atoms with Crippen molar-refractivity contribution in [1.82, 2.24) is 4.90 Å². The fourth-order valence-corrected chi connectivity index (χ4v) is 4.17. The number of rotatable bonds is 3. The second kappa shape index (κ2) is 6.42. The maximum atomic E-state index is 10.9. The summed E-state index contributed by atoms with van der Waals surface area (Å²) in [5.74, 6) is 0. The molecular weight excluding hydrogens is 302 g/mol. The molecule has 6 heteroatoms. The van der Waals surface area contributed by atoms with Gasteiger partial charge in [0, 0.05) is 31.3 Å². The van der Waals surface area contributed by atoms with E-state index in [0.29, 0.717) is 11.1 Å². The number of likely N-dealkylation sites (tertiary alicyclic amines) is 1. The van der Waals surface area contributed by atoms with E-state index in [1.54, 1.807) is 6.07 Å². The van der Waals surface area contributed by atoms with Crippen molar-refractivity contribution in [2.45, 2.75) is 38.6 Å². The normalized spacial score (nSPS) is 23.0. The Hall–Kier alpha value is -1.33. The van der Waals surface area contributed by atoms with Gasteiger partial charge in [0.15, 0.2) is 0 Å². The summed E-state index contributed by atoms with van der Waals surface area (Å²) in [5.41, 5.74) is 1.93. The Kier molecular flexibility index (Phi) is 4.54. The van der Waals surface area contributed by atoms with Gasteiger partial charge < -0.3 is 4.90 Å². The summed E-state index contributed by atoms with van der Waals surface area (Å²) in [6.45, 7) is 6.26. The van der Waals surface area contributed by atoms with Crippen molar-refractivity contribution in [2.75, 3.05) is 31.1 Å². The molecule has 0 bridgehead atoms. The van der Waals surface area contributed by atoms with Crippen LogP contribution in [0.3, 0.4) is 0 Å². The lowest BCUT2D eigenvalue weighted by Gasteiger charge is -2.39. The Morgan fingerprint density at radius 3 is 2.59 bits per heavy atom. The fourth-order valence-electron chi connectivity index (χ4n) is 3.79. The van der Waals surface area contributed by atoms with Crippen LogP contribution in [0.2, 0.25) is 5.02 Å². The quantitative estimate of drug-likeness (QED) is 0.629. The zero-order valence-electron chi connectivity index (χ0n) is 12.9. The number of hydrogen-bond donors (Lipinski definition) is 0. The van der Waals surface area contributed by atoms with Crippen LogP contribution in [0.4, 0.5) is 11.4 Å². The highest BCUT2D eigenvalue weighted by atomic mass is 35.5. The maximum absolute atomic E-state index is 10.9. The third-order valence-corrected chi connectivity index (χ3v) is 5.11. The highest BCUT2D eigenvalue weighted by Gasteiger charge is 2.29. The summed E-state index contributed by atoms with van der Waals surface area (Å²) in [6.07, 6.45) is 4.98. The largest absolute Gasteiger partial charge is 0.369 e. The summed E-state index contributed by atoms with van der Waals surface area (Å²) in [7, 11) is 0. The zero-order chi connectivity index (χ0) is 15.7. The van der Waals surface area contributed by atoms with Crippen LogP contribution in [-0.4, -0.2) is 42.0 Å². The van der Waals surface area contributed by atoms with Crippen molar-refractivity contribution >= 4 is 23.0 Å². The van der Waals surface area contributed by atoms with Crippen LogP contribution in [0.15, 0.2) is 12.1 Å². The predicted octanol–water partition coefficient (Wildman–Crippen LogP) is 3.62. The van der Waals surface area contributed by atoms with Gasteiger partial charge in [-0.2, -0.15) is 0 Å². The summed E-state index contributed by atoms with van der Waals surface area (Å²) < 4.78 is 0. The van der Waals surface area contributed by atoms with Gasteiger partial charge in [0.1, 0.15) is 0 Å². The molecule has 2 heterocycles. The molecule has 2 aliphatic heterocycles. The molecule has 1 aromatic rings. The van der Waals surface area contributed by atoms with E-state index in [9.17, 15) is 10.1 Å². The lowest BCUT2D eigenvalue weighted by Crippen LogP contribution is -2.47. The van der Waals surface area contributed by atoms with E-state index in [0.717, 1.165) is 30.8 Å². The van der Waals surface area contributed by atoms with Crippen molar-refractivity contribution < 1.29 is 4.92 Å². The third-order valence-electron chi connectivity index (χ3n) is 4.82. The van der Waals surface area contributed by atoms with Crippen LogP contribution in [0, 0.1) is 17.0 Å². The molecule has 22 heavy (non-hydrogen) atoms. The summed E-state index contributed by atoms with van der Waals surface area (Å²) in [5, 5.41) is 11.4. The summed E-state index contributed by atoms with van der Waals surface area (Å²) in [4.78, 5) is 15.5. The van der Waals surface area contributed by atoms with E-state index in [1.807, 2.05) is 6.92 Å². The Labute approximate surface area is 136 Å². The van der Waals surface area contributed by atoms with Gasteiger partial charge in [0.2, 0.25) is 0 Å². The van der Waals surface area contributed by atoms with Gasteiger partial charge >= 0.3 is 0 Å². The van der Waals surface area contributed by atoms with Gasteiger partial charge in [0.05, 0.1) is 15.6 Å². The predicted molar refractivity (Wildman–Crippen MR) is 88.9 cm³/mol. The number of anilines is 1. The number of piperidine rings is 1. The van der Waals surface area contributed by atoms with Gasteiger partial charge in [-0.05, 0) is 51.3 Å². The van der Waals surface area contributed by atoms with Gasteiger partial charge in [-0.15, -0.1) is 0 Å². The molecule has 0 N–H and O–H groups in total. The van der Waals surface area contributed by atoms with E-state index in [1.165, 1.54) is 38.4 Å². The molecule has 2 aliphatic rings. The fraction of sp³-hybridized carbons (Fsp3) is 0.625. The molecule has 0 amide bonds. The highest BCUT2D eigenvalue weighted by Crippen LogP contribution is 2.36. The molecule has 0 spiro atoms. The molecular formula is C16H22ClN3O2. The van der Waals surface area contributed by atoms with Crippen molar-refractivity contribution in [3.63, 3.8) is 0 Å². The first-order valence-electron chi connectivity index (χ1n) is 8.00. The zero-order valence-corrected chi connectivity index (χ0v) is 13.7. The van der Waals surface area contributed by atoms with Crippen molar-refractivity contribution in [1.29, 1.82) is 0 Å².